The number of nitrogens with one attached hydrogen (secondary N) is 1. The van der Waals surface area contributed by atoms with E-state index in [0.29, 0.717) is 11.6 Å². The zero-order valence-electron chi connectivity index (χ0n) is 14.5. The van der Waals surface area contributed by atoms with Gasteiger partial charge in [0.25, 0.3) is 0 Å². The third-order valence-corrected chi connectivity index (χ3v) is 4.38. The lowest BCUT2D eigenvalue weighted by Gasteiger charge is -2.41. The number of carbonyl (C=O) groups is 1. The molecule has 0 aromatic heterocycles. The fourth-order valence-corrected chi connectivity index (χ4v) is 2.19. The van der Waals surface area contributed by atoms with Gasteiger partial charge in [-0.25, -0.2) is 8.42 Å². The summed E-state index contributed by atoms with van der Waals surface area (Å²) in [6, 6.07) is 0.448. The second-order valence-electron chi connectivity index (χ2n) is 5.08. The monoisotopic (exact) mass is 338 g/mol. The van der Waals surface area contributed by atoms with E-state index >= 15 is 0 Å². The van der Waals surface area contributed by atoms with E-state index in [-0.39, 0.29) is 5.91 Å². The van der Waals surface area contributed by atoms with E-state index in [9.17, 15) is 17.8 Å². The van der Waals surface area contributed by atoms with Crippen LogP contribution in [0.25, 0.3) is 0 Å². The van der Waals surface area contributed by atoms with Crippen molar-refractivity contribution in [1.82, 2.24) is 5.32 Å². The highest BCUT2D eigenvalue weighted by molar-refractivity contribution is 7.80. The lowest BCUT2D eigenvalue weighted by molar-refractivity contribution is -0.943. The Morgan fingerprint density at radius 3 is 1.86 bits per heavy atom. The number of carbonyl (C=O) groups excluding carboxylic acids is 1. The Kier molecular flexibility index (Phi) is 11.4. The molecule has 1 unspecified atom stereocenters. The van der Waals surface area contributed by atoms with Crippen LogP contribution in [-0.2, 0) is 19.4 Å². The normalized spacial score (nSPS) is 12.9. The topological polar surface area (TPSA) is 95.5 Å². The van der Waals surface area contributed by atoms with Crippen LogP contribution in [0.2, 0.25) is 0 Å². The van der Waals surface area contributed by atoms with Crippen molar-refractivity contribution < 1.29 is 26.4 Å². The molecule has 22 heavy (non-hydrogen) atoms. The minimum atomic E-state index is -4.41. The smallest absolute Gasteiger partial charge is 0.246 e. The Morgan fingerprint density at radius 1 is 1.27 bits per heavy atom. The standard InChI is InChI=1S/C13H26N2O.CH4O4S/c1-7-15(8-2,9-3)12(6)10-14-13(16)11(4)5;1-5-6(2,3)4/h12H,4,7-10H2,1-3,5-6H3;1H3,(H,2,3,4). The number of hydrogen-bond acceptors (Lipinski definition) is 5. The zero-order chi connectivity index (χ0) is 18.0. The van der Waals surface area contributed by atoms with Gasteiger partial charge in [0.2, 0.25) is 16.3 Å². The molecule has 0 aromatic rings. The van der Waals surface area contributed by atoms with Gasteiger partial charge in [0.05, 0.1) is 33.3 Å². The van der Waals surface area contributed by atoms with Crippen molar-refractivity contribution in [3.63, 3.8) is 0 Å². The van der Waals surface area contributed by atoms with Gasteiger partial charge in [0, 0.05) is 5.57 Å². The molecule has 0 aliphatic rings. The summed E-state index contributed by atoms with van der Waals surface area (Å²) >= 11 is 0. The fraction of sp³-hybridized carbons (Fsp3) is 0.786. The van der Waals surface area contributed by atoms with Crippen LogP contribution in [0.3, 0.4) is 0 Å². The number of likely N-dealkylation sites (N-methyl/N-ethyl adjacent to an activating group) is 1. The van der Waals surface area contributed by atoms with E-state index < -0.39 is 10.4 Å². The highest BCUT2D eigenvalue weighted by atomic mass is 32.3. The minimum Gasteiger partial charge on any atom is -0.726 e. The first kappa shape index (κ1) is 23.3. The summed E-state index contributed by atoms with van der Waals surface area (Å²) in [5.74, 6) is -0.0340. The van der Waals surface area contributed by atoms with Crippen molar-refractivity contribution in [1.29, 1.82) is 0 Å². The maximum absolute atomic E-state index is 11.4. The average Bonchev–Trinajstić information content (AvgIpc) is 2.46. The van der Waals surface area contributed by atoms with E-state index in [1.54, 1.807) is 6.92 Å². The van der Waals surface area contributed by atoms with Gasteiger partial charge in [-0.2, -0.15) is 0 Å². The minimum absolute atomic E-state index is 0.0340. The van der Waals surface area contributed by atoms with Crippen LogP contribution in [0.5, 0.6) is 0 Å². The van der Waals surface area contributed by atoms with Crippen molar-refractivity contribution >= 4 is 16.3 Å². The van der Waals surface area contributed by atoms with Crippen molar-refractivity contribution in [2.45, 2.75) is 40.7 Å². The summed E-state index contributed by atoms with van der Waals surface area (Å²) in [6.45, 7) is 18.3. The first-order chi connectivity index (χ1) is 9.99. The second kappa shape index (κ2) is 10.7. The van der Waals surface area contributed by atoms with Crippen LogP contribution in [-0.4, -0.2) is 62.7 Å². The van der Waals surface area contributed by atoms with E-state index in [1.807, 2.05) is 0 Å². The maximum atomic E-state index is 11.4. The van der Waals surface area contributed by atoms with Crippen LogP contribution >= 0.6 is 0 Å². The van der Waals surface area contributed by atoms with Gasteiger partial charge in [0.1, 0.15) is 6.04 Å². The Bertz CT molecular complexity index is 436. The highest BCUT2D eigenvalue weighted by Gasteiger charge is 2.28. The van der Waals surface area contributed by atoms with Gasteiger partial charge >= 0.3 is 0 Å². The first-order valence-corrected chi connectivity index (χ1v) is 8.63. The van der Waals surface area contributed by atoms with Crippen LogP contribution in [0.15, 0.2) is 12.2 Å². The average molecular weight is 338 g/mol. The molecule has 0 aromatic carbocycles. The molecule has 1 N–H and O–H groups in total. The second-order valence-corrected chi connectivity index (χ2v) is 6.23. The Morgan fingerprint density at radius 2 is 1.64 bits per heavy atom. The van der Waals surface area contributed by atoms with Crippen molar-refractivity contribution in [3.05, 3.63) is 12.2 Å². The van der Waals surface area contributed by atoms with Crippen LogP contribution < -0.4 is 5.32 Å². The fourth-order valence-electron chi connectivity index (χ4n) is 2.19. The molecule has 1 atom stereocenters. The van der Waals surface area contributed by atoms with E-state index in [0.717, 1.165) is 37.8 Å². The molecule has 1 amide bonds. The number of amides is 1. The van der Waals surface area contributed by atoms with Gasteiger partial charge in [-0.1, -0.05) is 6.58 Å². The van der Waals surface area contributed by atoms with Crippen molar-refractivity contribution in [2.75, 3.05) is 33.3 Å². The van der Waals surface area contributed by atoms with Crippen LogP contribution in [0.1, 0.15) is 34.6 Å². The summed E-state index contributed by atoms with van der Waals surface area (Å²) in [6.07, 6.45) is 0. The molecule has 0 aliphatic heterocycles. The quantitative estimate of drug-likeness (QED) is 0.309. The lowest BCUT2D eigenvalue weighted by atomic mass is 10.2. The van der Waals surface area contributed by atoms with Gasteiger partial charge < -0.3 is 14.4 Å². The predicted molar refractivity (Wildman–Crippen MR) is 85.9 cm³/mol. The Balaban J connectivity index is 0. The maximum Gasteiger partial charge on any atom is 0.246 e. The molecule has 0 aliphatic carbocycles. The summed E-state index contributed by atoms with van der Waals surface area (Å²) in [4.78, 5) is 11.4. The molecule has 7 nitrogen and oxygen atoms in total. The van der Waals surface area contributed by atoms with Gasteiger partial charge in [-0.3, -0.25) is 8.98 Å². The number of rotatable bonds is 8. The Hall–Kier alpha value is -0.960. The zero-order valence-corrected chi connectivity index (χ0v) is 15.3. The summed E-state index contributed by atoms with van der Waals surface area (Å²) in [5.41, 5.74) is 0.579. The molecule has 0 spiro atoms. The molecule has 0 saturated heterocycles. The summed E-state index contributed by atoms with van der Waals surface area (Å²) < 4.78 is 32.1. The molecule has 0 heterocycles. The number of hydrogen-bond donors (Lipinski definition) is 1. The Labute approximate surface area is 134 Å². The van der Waals surface area contributed by atoms with E-state index in [2.05, 4.69) is 43.8 Å². The van der Waals surface area contributed by atoms with E-state index in [4.69, 9.17) is 0 Å². The van der Waals surface area contributed by atoms with Crippen molar-refractivity contribution in [2.24, 2.45) is 0 Å². The number of nitrogens with zero attached hydrogens (tertiary/aromatic N) is 1. The summed E-state index contributed by atoms with van der Waals surface area (Å²) in [5, 5.41) is 2.94. The first-order valence-electron chi connectivity index (χ1n) is 7.30. The SMILES string of the molecule is C=C(C)C(=O)NCC(C)[N+](CC)(CC)CC.COS(=O)(=O)[O-]. The van der Waals surface area contributed by atoms with E-state index in [1.165, 1.54) is 0 Å². The molecular weight excluding hydrogens is 308 g/mol. The molecule has 0 saturated carbocycles. The predicted octanol–water partition coefficient (Wildman–Crippen LogP) is 1.04. The molecule has 0 rings (SSSR count). The van der Waals surface area contributed by atoms with Crippen molar-refractivity contribution in [3.8, 4) is 0 Å². The molecular formula is C14H30N2O5S. The van der Waals surface area contributed by atoms with Gasteiger partial charge in [-0.05, 0) is 34.6 Å². The van der Waals surface area contributed by atoms with Gasteiger partial charge in [-0.15, -0.1) is 0 Å². The largest absolute Gasteiger partial charge is 0.726 e. The third kappa shape index (κ3) is 9.14. The number of quaternary nitrogens is 1. The molecule has 0 radical (unpaired) electrons. The molecule has 132 valence electrons. The van der Waals surface area contributed by atoms with Crippen LogP contribution in [0.4, 0.5) is 0 Å². The van der Waals surface area contributed by atoms with Crippen LogP contribution in [0, 0.1) is 0 Å². The van der Waals surface area contributed by atoms with Gasteiger partial charge in [0.15, 0.2) is 0 Å². The molecule has 0 bridgehead atoms. The summed E-state index contributed by atoms with van der Waals surface area (Å²) in [7, 11) is -3.60. The highest BCUT2D eigenvalue weighted by Crippen LogP contribution is 2.12. The lowest BCUT2D eigenvalue weighted by Crippen LogP contribution is -2.57. The third-order valence-electron chi connectivity index (χ3n) is 3.97. The molecule has 8 heteroatoms. The molecule has 0 fully saturated rings.